The second-order valence-electron chi connectivity index (χ2n) is 5.26. The van der Waals surface area contributed by atoms with Crippen LogP contribution in [0, 0.1) is 11.3 Å². The molecule has 1 aliphatic rings. The second-order valence-corrected chi connectivity index (χ2v) is 5.26. The number of carbonyl (C=O) groups excluding carboxylic acids is 3. The Bertz CT molecular complexity index is 562. The Balaban J connectivity index is 2.39. The summed E-state index contributed by atoms with van der Waals surface area (Å²) in [5.41, 5.74) is -0.909. The van der Waals surface area contributed by atoms with Crippen LogP contribution in [0.1, 0.15) is 19.4 Å². The lowest BCUT2D eigenvalue weighted by Crippen LogP contribution is -2.49. The van der Waals surface area contributed by atoms with E-state index in [-0.39, 0.29) is 26.2 Å². The van der Waals surface area contributed by atoms with Gasteiger partial charge in [-0.05, 0) is 25.8 Å². The number of carbonyl (C=O) groups is 3. The third kappa shape index (κ3) is 3.21. The lowest BCUT2D eigenvalue weighted by molar-refractivity contribution is -0.175. The summed E-state index contributed by atoms with van der Waals surface area (Å²) in [6, 6.07) is 9.15. The minimum absolute atomic E-state index is 0.103. The molecular formula is C17H20O6. The average molecular weight is 320 g/mol. The molecule has 0 N–H and O–H groups in total. The third-order valence-corrected chi connectivity index (χ3v) is 3.88. The van der Waals surface area contributed by atoms with E-state index < -0.39 is 29.2 Å². The molecule has 1 atom stereocenters. The predicted octanol–water partition coefficient (Wildman–Crippen LogP) is 1.51. The SMILES string of the molecule is CCOC(=O)C1(C(=O)OCC)COC(=O)C1Cc1ccccc1. The summed E-state index contributed by atoms with van der Waals surface area (Å²) in [7, 11) is 0. The monoisotopic (exact) mass is 320 g/mol. The highest BCUT2D eigenvalue weighted by atomic mass is 16.6. The van der Waals surface area contributed by atoms with Gasteiger partial charge in [-0.15, -0.1) is 0 Å². The lowest BCUT2D eigenvalue weighted by atomic mass is 9.74. The van der Waals surface area contributed by atoms with E-state index in [1.165, 1.54) is 0 Å². The molecule has 0 saturated carbocycles. The molecule has 1 saturated heterocycles. The van der Waals surface area contributed by atoms with Crippen molar-refractivity contribution < 1.29 is 28.6 Å². The van der Waals surface area contributed by atoms with E-state index in [2.05, 4.69) is 0 Å². The highest BCUT2D eigenvalue weighted by Crippen LogP contribution is 2.40. The Hall–Kier alpha value is -2.37. The lowest BCUT2D eigenvalue weighted by Gasteiger charge is -2.27. The molecule has 0 bridgehead atoms. The van der Waals surface area contributed by atoms with Gasteiger partial charge in [-0.3, -0.25) is 14.4 Å². The number of esters is 3. The first kappa shape index (κ1) is 17.0. The Morgan fingerprint density at radius 3 is 2.22 bits per heavy atom. The zero-order chi connectivity index (χ0) is 16.9. The first-order valence-electron chi connectivity index (χ1n) is 7.61. The van der Waals surface area contributed by atoms with Gasteiger partial charge in [-0.2, -0.15) is 0 Å². The van der Waals surface area contributed by atoms with Crippen molar-refractivity contribution in [2.24, 2.45) is 11.3 Å². The first-order chi connectivity index (χ1) is 11.1. The van der Waals surface area contributed by atoms with Crippen molar-refractivity contribution in [2.45, 2.75) is 20.3 Å². The first-order valence-corrected chi connectivity index (χ1v) is 7.61. The molecule has 1 aliphatic heterocycles. The van der Waals surface area contributed by atoms with Crippen molar-refractivity contribution in [3.05, 3.63) is 35.9 Å². The topological polar surface area (TPSA) is 78.9 Å². The quantitative estimate of drug-likeness (QED) is 0.449. The van der Waals surface area contributed by atoms with Crippen molar-refractivity contribution in [3.63, 3.8) is 0 Å². The molecule has 23 heavy (non-hydrogen) atoms. The van der Waals surface area contributed by atoms with Crippen molar-refractivity contribution >= 4 is 17.9 Å². The standard InChI is InChI=1S/C17H20O6/c1-3-21-15(19)17(16(20)22-4-2)11-23-14(18)13(17)10-12-8-6-5-7-9-12/h5-9,13H,3-4,10-11H2,1-2H3. The number of hydrogen-bond donors (Lipinski definition) is 0. The Morgan fingerprint density at radius 1 is 1.13 bits per heavy atom. The summed E-state index contributed by atoms with van der Waals surface area (Å²) in [4.78, 5) is 37.1. The molecule has 0 amide bonds. The number of rotatable bonds is 6. The number of ether oxygens (including phenoxy) is 3. The largest absolute Gasteiger partial charge is 0.465 e. The van der Waals surface area contributed by atoms with Crippen LogP contribution in [0.2, 0.25) is 0 Å². The molecule has 1 fully saturated rings. The second kappa shape index (κ2) is 7.26. The predicted molar refractivity (Wildman–Crippen MR) is 80.3 cm³/mol. The van der Waals surface area contributed by atoms with E-state index in [1.54, 1.807) is 13.8 Å². The van der Waals surface area contributed by atoms with Crippen LogP contribution in [-0.4, -0.2) is 37.7 Å². The van der Waals surface area contributed by atoms with Gasteiger partial charge in [0.1, 0.15) is 6.61 Å². The Morgan fingerprint density at radius 2 is 1.70 bits per heavy atom. The Kier molecular flexibility index (Phi) is 5.36. The number of cyclic esters (lactones) is 1. The van der Waals surface area contributed by atoms with Crippen LogP contribution in [0.5, 0.6) is 0 Å². The summed E-state index contributed by atoms with van der Waals surface area (Å²) < 4.78 is 15.1. The maximum absolute atomic E-state index is 12.5. The third-order valence-electron chi connectivity index (χ3n) is 3.88. The van der Waals surface area contributed by atoms with Crippen LogP contribution < -0.4 is 0 Å². The molecule has 6 heteroatoms. The number of hydrogen-bond acceptors (Lipinski definition) is 6. The average Bonchev–Trinajstić information content (AvgIpc) is 2.87. The van der Waals surface area contributed by atoms with E-state index in [9.17, 15) is 14.4 Å². The minimum atomic E-state index is -1.74. The summed E-state index contributed by atoms with van der Waals surface area (Å²) in [6.07, 6.45) is 0.206. The van der Waals surface area contributed by atoms with Gasteiger partial charge in [0.25, 0.3) is 0 Å². The van der Waals surface area contributed by atoms with E-state index in [0.717, 1.165) is 5.56 Å². The van der Waals surface area contributed by atoms with Gasteiger partial charge >= 0.3 is 17.9 Å². The van der Waals surface area contributed by atoms with Crippen LogP contribution in [0.4, 0.5) is 0 Å². The van der Waals surface area contributed by atoms with Crippen LogP contribution in [0.15, 0.2) is 30.3 Å². The van der Waals surface area contributed by atoms with Crippen molar-refractivity contribution in [3.8, 4) is 0 Å². The highest BCUT2D eigenvalue weighted by Gasteiger charge is 2.63. The highest BCUT2D eigenvalue weighted by molar-refractivity contribution is 6.06. The molecule has 0 radical (unpaired) electrons. The molecule has 1 aromatic rings. The summed E-state index contributed by atoms with van der Waals surface area (Å²) in [5, 5.41) is 0. The van der Waals surface area contributed by atoms with Crippen molar-refractivity contribution in [2.75, 3.05) is 19.8 Å². The molecule has 2 rings (SSSR count). The summed E-state index contributed by atoms with van der Waals surface area (Å²) >= 11 is 0. The van der Waals surface area contributed by atoms with E-state index in [1.807, 2.05) is 30.3 Å². The van der Waals surface area contributed by atoms with Crippen molar-refractivity contribution in [1.29, 1.82) is 0 Å². The molecule has 0 spiro atoms. The molecule has 1 heterocycles. The fraction of sp³-hybridized carbons (Fsp3) is 0.471. The molecule has 0 aromatic heterocycles. The van der Waals surface area contributed by atoms with E-state index >= 15 is 0 Å². The van der Waals surface area contributed by atoms with Crippen LogP contribution >= 0.6 is 0 Å². The van der Waals surface area contributed by atoms with Gasteiger partial charge in [-0.25, -0.2) is 0 Å². The normalized spacial score (nSPS) is 19.0. The maximum atomic E-state index is 12.5. The van der Waals surface area contributed by atoms with E-state index in [4.69, 9.17) is 14.2 Å². The fourth-order valence-electron chi connectivity index (χ4n) is 2.70. The maximum Gasteiger partial charge on any atom is 0.327 e. The molecule has 124 valence electrons. The molecule has 1 unspecified atom stereocenters. The zero-order valence-corrected chi connectivity index (χ0v) is 13.2. The van der Waals surface area contributed by atoms with Gasteiger partial charge in [0.2, 0.25) is 5.41 Å². The fourth-order valence-corrected chi connectivity index (χ4v) is 2.70. The van der Waals surface area contributed by atoms with Crippen LogP contribution in [0.3, 0.4) is 0 Å². The van der Waals surface area contributed by atoms with Crippen molar-refractivity contribution in [1.82, 2.24) is 0 Å². The molecular weight excluding hydrogens is 300 g/mol. The summed E-state index contributed by atoms with van der Waals surface area (Å²) in [6.45, 7) is 3.14. The van der Waals surface area contributed by atoms with Crippen LogP contribution in [-0.2, 0) is 35.0 Å². The molecule has 0 aliphatic carbocycles. The molecule has 1 aromatic carbocycles. The number of benzene rings is 1. The van der Waals surface area contributed by atoms with Gasteiger partial charge < -0.3 is 14.2 Å². The van der Waals surface area contributed by atoms with Gasteiger partial charge in [0.05, 0.1) is 19.1 Å². The Labute approximate surface area is 134 Å². The van der Waals surface area contributed by atoms with Gasteiger partial charge in [-0.1, -0.05) is 30.3 Å². The van der Waals surface area contributed by atoms with Crippen LogP contribution in [0.25, 0.3) is 0 Å². The molecule has 6 nitrogen and oxygen atoms in total. The minimum Gasteiger partial charge on any atom is -0.465 e. The zero-order valence-electron chi connectivity index (χ0n) is 13.2. The van der Waals surface area contributed by atoms with Gasteiger partial charge in [0, 0.05) is 0 Å². The van der Waals surface area contributed by atoms with Gasteiger partial charge in [0.15, 0.2) is 0 Å². The van der Waals surface area contributed by atoms with E-state index in [0.29, 0.717) is 0 Å². The smallest absolute Gasteiger partial charge is 0.327 e. The summed E-state index contributed by atoms with van der Waals surface area (Å²) in [5.74, 6) is -3.09.